The predicted octanol–water partition coefficient (Wildman–Crippen LogP) is 4.48. The van der Waals surface area contributed by atoms with Crippen LogP contribution in [-0.2, 0) is 26.2 Å². The second-order valence-electron chi connectivity index (χ2n) is 8.03. The van der Waals surface area contributed by atoms with E-state index in [9.17, 15) is 18.0 Å². The zero-order valence-electron chi connectivity index (χ0n) is 19.6. The molecule has 0 saturated carbocycles. The van der Waals surface area contributed by atoms with Gasteiger partial charge in [0.2, 0.25) is 21.8 Å². The molecule has 1 unspecified atom stereocenters. The molecule has 186 valence electrons. The van der Waals surface area contributed by atoms with Crippen LogP contribution in [0.15, 0.2) is 48.5 Å². The summed E-state index contributed by atoms with van der Waals surface area (Å²) in [6, 6.07) is 12.9. The summed E-state index contributed by atoms with van der Waals surface area (Å²) >= 11 is 11.9. The minimum Gasteiger partial charge on any atom is -0.354 e. The van der Waals surface area contributed by atoms with E-state index in [0.29, 0.717) is 22.3 Å². The molecule has 0 aliphatic heterocycles. The lowest BCUT2D eigenvalue weighted by Gasteiger charge is -2.29. The van der Waals surface area contributed by atoms with Gasteiger partial charge in [-0.25, -0.2) is 8.42 Å². The highest BCUT2D eigenvalue weighted by molar-refractivity contribution is 7.92. The van der Waals surface area contributed by atoms with Crippen LogP contribution in [0.2, 0.25) is 10.0 Å². The number of anilines is 1. The van der Waals surface area contributed by atoms with Gasteiger partial charge in [0.25, 0.3) is 0 Å². The quantitative estimate of drug-likeness (QED) is 0.440. The van der Waals surface area contributed by atoms with Crippen molar-refractivity contribution in [3.63, 3.8) is 0 Å². The number of hydrogen-bond donors (Lipinski definition) is 1. The average molecular weight is 529 g/mol. The first kappa shape index (κ1) is 28.0. The van der Waals surface area contributed by atoms with Crippen LogP contribution in [0.4, 0.5) is 5.69 Å². The molecule has 0 aliphatic rings. The summed E-state index contributed by atoms with van der Waals surface area (Å²) in [5.74, 6) is -0.471. The third-order valence-corrected chi connectivity index (χ3v) is 6.95. The summed E-state index contributed by atoms with van der Waals surface area (Å²) in [6.45, 7) is 4.53. The zero-order valence-corrected chi connectivity index (χ0v) is 22.0. The van der Waals surface area contributed by atoms with E-state index in [2.05, 4.69) is 5.32 Å². The highest BCUT2D eigenvalue weighted by atomic mass is 35.5. The fourth-order valence-corrected chi connectivity index (χ4v) is 4.59. The lowest BCUT2D eigenvalue weighted by molar-refractivity contribution is -0.140. The van der Waals surface area contributed by atoms with Gasteiger partial charge in [0.15, 0.2) is 0 Å². The Bertz CT molecular complexity index is 1060. The number of rotatable bonds is 12. The molecule has 0 radical (unpaired) electrons. The van der Waals surface area contributed by atoms with E-state index in [-0.39, 0.29) is 37.7 Å². The standard InChI is InChI=1S/C24H31Cl2N3O4S/c1-4-15-27-24(31)18(2)28(17-19-7-9-20(25)10-8-19)23(30)6-5-16-29(34(3,32)33)22-13-11-21(26)12-14-22/h7-14,18H,4-6,15-17H2,1-3H3,(H,27,31). The first-order valence-corrected chi connectivity index (χ1v) is 13.7. The summed E-state index contributed by atoms with van der Waals surface area (Å²) < 4.78 is 25.9. The topological polar surface area (TPSA) is 86.8 Å². The molecular weight excluding hydrogens is 497 g/mol. The van der Waals surface area contributed by atoms with Crippen LogP contribution < -0.4 is 9.62 Å². The molecule has 34 heavy (non-hydrogen) atoms. The fourth-order valence-electron chi connectivity index (χ4n) is 3.38. The fraction of sp³-hybridized carbons (Fsp3) is 0.417. The number of carbonyl (C=O) groups excluding carboxylic acids is 2. The normalized spacial score (nSPS) is 12.1. The van der Waals surface area contributed by atoms with E-state index < -0.39 is 16.1 Å². The Hall–Kier alpha value is -2.29. The highest BCUT2D eigenvalue weighted by Gasteiger charge is 2.26. The van der Waals surface area contributed by atoms with Gasteiger partial charge in [-0.3, -0.25) is 13.9 Å². The molecule has 1 N–H and O–H groups in total. The first-order chi connectivity index (χ1) is 16.0. The number of nitrogens with one attached hydrogen (secondary N) is 1. The molecule has 0 bridgehead atoms. The maximum atomic E-state index is 13.2. The van der Waals surface area contributed by atoms with E-state index in [1.807, 2.05) is 19.1 Å². The van der Waals surface area contributed by atoms with Gasteiger partial charge in [-0.05, 0) is 61.7 Å². The largest absolute Gasteiger partial charge is 0.354 e. The van der Waals surface area contributed by atoms with Crippen LogP contribution in [0.5, 0.6) is 0 Å². The van der Waals surface area contributed by atoms with Crippen LogP contribution in [0.3, 0.4) is 0 Å². The van der Waals surface area contributed by atoms with E-state index in [1.165, 1.54) is 9.21 Å². The number of hydrogen-bond acceptors (Lipinski definition) is 4. The van der Waals surface area contributed by atoms with Crippen LogP contribution in [0.1, 0.15) is 38.7 Å². The molecule has 0 heterocycles. The Kier molecular flexibility index (Phi) is 10.7. The molecule has 0 fully saturated rings. The van der Waals surface area contributed by atoms with Gasteiger partial charge in [-0.1, -0.05) is 42.3 Å². The van der Waals surface area contributed by atoms with Crippen molar-refractivity contribution < 1.29 is 18.0 Å². The predicted molar refractivity (Wildman–Crippen MR) is 138 cm³/mol. The van der Waals surface area contributed by atoms with Crippen molar-refractivity contribution in [2.75, 3.05) is 23.7 Å². The summed E-state index contributed by atoms with van der Waals surface area (Å²) in [5, 5.41) is 3.91. The summed E-state index contributed by atoms with van der Waals surface area (Å²) in [7, 11) is -3.55. The molecule has 0 spiro atoms. The van der Waals surface area contributed by atoms with Gasteiger partial charge in [-0.15, -0.1) is 0 Å². The molecule has 2 aromatic carbocycles. The third-order valence-electron chi connectivity index (χ3n) is 5.25. The smallest absolute Gasteiger partial charge is 0.242 e. The number of halogens is 2. The SMILES string of the molecule is CCCNC(=O)C(C)N(Cc1ccc(Cl)cc1)C(=O)CCCN(c1ccc(Cl)cc1)S(C)(=O)=O. The van der Waals surface area contributed by atoms with Crippen molar-refractivity contribution in [1.29, 1.82) is 0 Å². The van der Waals surface area contributed by atoms with Gasteiger partial charge in [0.1, 0.15) is 6.04 Å². The number of nitrogens with zero attached hydrogens (tertiary/aromatic N) is 2. The Morgan fingerprint density at radius 2 is 1.56 bits per heavy atom. The first-order valence-electron chi connectivity index (χ1n) is 11.1. The van der Waals surface area contributed by atoms with Gasteiger partial charge < -0.3 is 10.2 Å². The van der Waals surface area contributed by atoms with Gasteiger partial charge >= 0.3 is 0 Å². The van der Waals surface area contributed by atoms with Gasteiger partial charge in [0, 0.05) is 36.1 Å². The van der Waals surface area contributed by atoms with Gasteiger partial charge in [-0.2, -0.15) is 0 Å². The molecule has 0 aromatic heterocycles. The average Bonchev–Trinajstić information content (AvgIpc) is 2.79. The molecule has 0 saturated heterocycles. The number of amides is 2. The lowest BCUT2D eigenvalue weighted by Crippen LogP contribution is -2.47. The number of carbonyl (C=O) groups is 2. The van der Waals surface area contributed by atoms with Crippen molar-refractivity contribution >= 4 is 50.7 Å². The zero-order chi connectivity index (χ0) is 25.3. The highest BCUT2D eigenvalue weighted by Crippen LogP contribution is 2.21. The molecule has 2 rings (SSSR count). The van der Waals surface area contributed by atoms with Crippen molar-refractivity contribution in [2.24, 2.45) is 0 Å². The Balaban J connectivity index is 2.13. The van der Waals surface area contributed by atoms with Crippen molar-refractivity contribution in [3.8, 4) is 0 Å². The minimum atomic E-state index is -3.55. The number of benzene rings is 2. The number of sulfonamides is 1. The van der Waals surface area contributed by atoms with Crippen LogP contribution in [0, 0.1) is 0 Å². The molecule has 0 aliphatic carbocycles. The Labute approximate surface area is 212 Å². The molecule has 1 atom stereocenters. The van der Waals surface area contributed by atoms with E-state index in [0.717, 1.165) is 18.2 Å². The van der Waals surface area contributed by atoms with Crippen molar-refractivity contribution in [1.82, 2.24) is 10.2 Å². The van der Waals surface area contributed by atoms with Crippen molar-refractivity contribution in [3.05, 3.63) is 64.1 Å². The van der Waals surface area contributed by atoms with Crippen molar-refractivity contribution in [2.45, 2.75) is 45.7 Å². The van der Waals surface area contributed by atoms with Crippen LogP contribution >= 0.6 is 23.2 Å². The monoisotopic (exact) mass is 527 g/mol. The maximum Gasteiger partial charge on any atom is 0.242 e. The Morgan fingerprint density at radius 1 is 1.00 bits per heavy atom. The third kappa shape index (κ3) is 8.49. The second kappa shape index (κ2) is 13.0. The summed E-state index contributed by atoms with van der Waals surface area (Å²) in [4.78, 5) is 27.3. The molecule has 10 heteroatoms. The van der Waals surface area contributed by atoms with E-state index in [1.54, 1.807) is 43.3 Å². The molecule has 2 aromatic rings. The lowest BCUT2D eigenvalue weighted by atomic mass is 10.1. The molecule has 7 nitrogen and oxygen atoms in total. The Morgan fingerprint density at radius 3 is 2.09 bits per heavy atom. The summed E-state index contributed by atoms with van der Waals surface area (Å²) in [6.07, 6.45) is 2.28. The van der Waals surface area contributed by atoms with E-state index >= 15 is 0 Å². The maximum absolute atomic E-state index is 13.2. The van der Waals surface area contributed by atoms with Crippen LogP contribution in [-0.4, -0.2) is 50.5 Å². The molecular formula is C24H31Cl2N3O4S. The van der Waals surface area contributed by atoms with Crippen LogP contribution in [0.25, 0.3) is 0 Å². The summed E-state index contributed by atoms with van der Waals surface area (Å²) in [5.41, 5.74) is 1.32. The van der Waals surface area contributed by atoms with Gasteiger partial charge in [0.05, 0.1) is 11.9 Å². The van der Waals surface area contributed by atoms with E-state index in [4.69, 9.17) is 23.2 Å². The minimum absolute atomic E-state index is 0.0819. The molecule has 2 amide bonds. The second-order valence-corrected chi connectivity index (χ2v) is 10.8.